The number of ketones is 1. The van der Waals surface area contributed by atoms with E-state index in [0.29, 0.717) is 0 Å². The summed E-state index contributed by atoms with van der Waals surface area (Å²) >= 11 is 10.0. The highest BCUT2D eigenvalue weighted by Crippen LogP contribution is 1.80. The average Bonchev–Trinajstić information content (AvgIpc) is 1.65. The van der Waals surface area contributed by atoms with Crippen molar-refractivity contribution in [3.05, 3.63) is 0 Å². The molecule has 7 heavy (non-hydrogen) atoms. The maximum Gasteiger partial charge on any atom is 0.162 e. The minimum Gasteiger partial charge on any atom is -0.297 e. The largest absolute Gasteiger partial charge is 0.297 e. The summed E-state index contributed by atoms with van der Waals surface area (Å²) in [5.41, 5.74) is 0. The second-order valence-electron chi connectivity index (χ2n) is 0.806. The van der Waals surface area contributed by atoms with E-state index in [1.54, 1.807) is 0 Å². The van der Waals surface area contributed by atoms with Crippen LogP contribution in [0.1, 0.15) is 0 Å². The van der Waals surface area contributed by atoms with Crippen LogP contribution in [0.15, 0.2) is 0 Å². The van der Waals surface area contributed by atoms with Gasteiger partial charge in [0.2, 0.25) is 0 Å². The van der Waals surface area contributed by atoms with Gasteiger partial charge in [-0.05, 0) is 0 Å². The molecule has 4 heteroatoms. The van der Waals surface area contributed by atoms with Gasteiger partial charge in [-0.25, -0.2) is 0 Å². The highest BCUT2D eigenvalue weighted by molar-refractivity contribution is 6.35. The van der Waals surface area contributed by atoms with Crippen LogP contribution in [0, 0.1) is 0 Å². The minimum atomic E-state index is -0.127. The van der Waals surface area contributed by atoms with Crippen molar-refractivity contribution in [2.24, 2.45) is 0 Å². The van der Waals surface area contributed by atoms with Crippen LogP contribution in [0.3, 0.4) is 0 Å². The Kier molecular flexibility index (Phi) is 9.82. The number of rotatable bonds is 2. The van der Waals surface area contributed by atoms with Crippen LogP contribution in [-0.2, 0) is 4.79 Å². The van der Waals surface area contributed by atoms with Gasteiger partial charge in [0.05, 0.1) is 11.8 Å². The van der Waals surface area contributed by atoms with Crippen molar-refractivity contribution >= 4 is 41.4 Å². The van der Waals surface area contributed by atoms with E-state index in [1.807, 2.05) is 0 Å². The van der Waals surface area contributed by atoms with Crippen molar-refractivity contribution in [1.29, 1.82) is 0 Å². The monoisotopic (exact) mass is 162 g/mol. The molecular formula is C3H5Cl3O. The van der Waals surface area contributed by atoms with E-state index in [2.05, 4.69) is 0 Å². The number of carbonyl (C=O) groups is 1. The minimum absolute atomic E-state index is 0. The summed E-state index contributed by atoms with van der Waals surface area (Å²) in [5, 5.41) is 0. The molecule has 0 spiro atoms. The molecule has 0 aliphatic rings. The molecule has 0 atom stereocenters. The quantitative estimate of drug-likeness (QED) is 0.563. The average molecular weight is 163 g/mol. The maximum atomic E-state index is 9.92. The van der Waals surface area contributed by atoms with Crippen molar-refractivity contribution < 1.29 is 4.79 Å². The fourth-order valence-corrected chi connectivity index (χ4v) is 0.321. The lowest BCUT2D eigenvalue weighted by Crippen LogP contribution is -1.98. The second kappa shape index (κ2) is 6.54. The summed E-state index contributed by atoms with van der Waals surface area (Å²) in [6.07, 6.45) is 0. The first kappa shape index (κ1) is 10.5. The molecule has 0 aromatic heterocycles. The van der Waals surface area contributed by atoms with Crippen LogP contribution >= 0.6 is 35.6 Å². The van der Waals surface area contributed by atoms with Crippen molar-refractivity contribution in [3.8, 4) is 0 Å². The van der Waals surface area contributed by atoms with Crippen molar-refractivity contribution in [2.75, 3.05) is 11.8 Å². The fraction of sp³-hybridized carbons (Fsp3) is 0.667. The zero-order valence-corrected chi connectivity index (χ0v) is 5.81. The molecule has 0 heterocycles. The molecule has 0 rings (SSSR count). The molecule has 0 amide bonds. The van der Waals surface area contributed by atoms with Crippen molar-refractivity contribution in [3.63, 3.8) is 0 Å². The Morgan fingerprint density at radius 3 is 1.57 bits per heavy atom. The Morgan fingerprint density at radius 1 is 1.29 bits per heavy atom. The summed E-state index contributed by atoms with van der Waals surface area (Å²) < 4.78 is 0. The zero-order valence-electron chi connectivity index (χ0n) is 3.49. The van der Waals surface area contributed by atoms with Gasteiger partial charge in [-0.1, -0.05) is 0 Å². The van der Waals surface area contributed by atoms with Gasteiger partial charge in [-0.3, -0.25) is 4.79 Å². The Bertz CT molecular complexity index is 48.1. The van der Waals surface area contributed by atoms with Gasteiger partial charge in [0.1, 0.15) is 0 Å². The highest BCUT2D eigenvalue weighted by Gasteiger charge is 1.90. The first-order valence-corrected chi connectivity index (χ1v) is 2.51. The van der Waals surface area contributed by atoms with E-state index in [4.69, 9.17) is 23.2 Å². The molecule has 0 N–H and O–H groups in total. The van der Waals surface area contributed by atoms with Gasteiger partial charge in [0.15, 0.2) is 5.78 Å². The van der Waals surface area contributed by atoms with E-state index in [9.17, 15) is 4.79 Å². The summed E-state index contributed by atoms with van der Waals surface area (Å²) in [7, 11) is 0. The molecule has 0 saturated carbocycles. The molecule has 0 radical (unpaired) electrons. The summed E-state index contributed by atoms with van der Waals surface area (Å²) in [6, 6.07) is 0. The smallest absolute Gasteiger partial charge is 0.162 e. The van der Waals surface area contributed by atoms with Gasteiger partial charge in [-0.2, -0.15) is 0 Å². The van der Waals surface area contributed by atoms with Crippen LogP contribution in [-0.4, -0.2) is 17.5 Å². The molecule has 0 aromatic rings. The van der Waals surface area contributed by atoms with E-state index < -0.39 is 0 Å². The fourth-order valence-electron chi connectivity index (χ4n) is 0.0357. The number of hydrogen-bond acceptors (Lipinski definition) is 1. The molecule has 0 aliphatic carbocycles. The number of halogens is 3. The van der Waals surface area contributed by atoms with Crippen molar-refractivity contribution in [1.82, 2.24) is 0 Å². The molecule has 44 valence electrons. The predicted molar refractivity (Wildman–Crippen MR) is 33.7 cm³/mol. The van der Waals surface area contributed by atoms with Crippen LogP contribution in [0.2, 0.25) is 0 Å². The number of Topliss-reactive ketones (excluding diaryl/α,β-unsaturated/α-hetero) is 1. The maximum absolute atomic E-state index is 9.92. The summed E-state index contributed by atoms with van der Waals surface area (Å²) in [5.74, 6) is -0.0640. The van der Waals surface area contributed by atoms with Crippen LogP contribution in [0.4, 0.5) is 0 Å². The van der Waals surface area contributed by atoms with Gasteiger partial charge in [0, 0.05) is 0 Å². The van der Waals surface area contributed by atoms with E-state index in [-0.39, 0.29) is 30.0 Å². The zero-order chi connectivity index (χ0) is 4.99. The summed E-state index contributed by atoms with van der Waals surface area (Å²) in [6.45, 7) is 0. The van der Waals surface area contributed by atoms with Crippen LogP contribution in [0.5, 0.6) is 0 Å². The third-order valence-corrected chi connectivity index (χ3v) is 0.894. The van der Waals surface area contributed by atoms with Gasteiger partial charge < -0.3 is 0 Å². The normalized spacial score (nSPS) is 7.14. The van der Waals surface area contributed by atoms with E-state index in [0.717, 1.165) is 0 Å². The lowest BCUT2D eigenvalue weighted by atomic mass is 10.5. The Hall–Kier alpha value is 0.540. The third kappa shape index (κ3) is 6.54. The first-order valence-electron chi connectivity index (χ1n) is 1.45. The predicted octanol–water partition coefficient (Wildman–Crippen LogP) is 1.45. The third-order valence-electron chi connectivity index (χ3n) is 0.298. The number of alkyl halides is 2. The Morgan fingerprint density at radius 2 is 1.57 bits per heavy atom. The topological polar surface area (TPSA) is 17.1 Å². The highest BCUT2D eigenvalue weighted by atomic mass is 35.5. The van der Waals surface area contributed by atoms with Crippen LogP contribution in [0.25, 0.3) is 0 Å². The Labute approximate surface area is 58.4 Å². The van der Waals surface area contributed by atoms with Gasteiger partial charge in [-0.15, -0.1) is 35.6 Å². The number of hydrogen-bond donors (Lipinski definition) is 0. The second-order valence-corrected chi connectivity index (χ2v) is 1.34. The number of carbonyl (C=O) groups excluding carboxylic acids is 1. The molecule has 1 nitrogen and oxygen atoms in total. The SMILES string of the molecule is Cl.O=C(CCl)CCl. The lowest BCUT2D eigenvalue weighted by molar-refractivity contribution is -0.114. The first-order chi connectivity index (χ1) is 2.81. The molecular weight excluding hydrogens is 158 g/mol. The summed E-state index contributed by atoms with van der Waals surface area (Å²) in [4.78, 5) is 9.92. The molecule has 0 unspecified atom stereocenters. The van der Waals surface area contributed by atoms with Crippen LogP contribution < -0.4 is 0 Å². The molecule has 0 aliphatic heterocycles. The standard InChI is InChI=1S/C3H4Cl2O.ClH/c4-1-3(6)2-5;/h1-2H2;1H. The molecule has 0 bridgehead atoms. The van der Waals surface area contributed by atoms with Crippen molar-refractivity contribution in [2.45, 2.75) is 0 Å². The Balaban J connectivity index is 0. The lowest BCUT2D eigenvalue weighted by Gasteiger charge is -1.77. The van der Waals surface area contributed by atoms with E-state index >= 15 is 0 Å². The molecule has 0 aromatic carbocycles. The van der Waals surface area contributed by atoms with Gasteiger partial charge in [0.25, 0.3) is 0 Å². The van der Waals surface area contributed by atoms with E-state index in [1.165, 1.54) is 0 Å². The van der Waals surface area contributed by atoms with Gasteiger partial charge >= 0.3 is 0 Å². The molecule has 0 saturated heterocycles. The molecule has 0 fully saturated rings.